The number of hydrazone groups is 1. The Morgan fingerprint density at radius 3 is 2.62 bits per heavy atom. The van der Waals surface area contributed by atoms with E-state index in [-0.39, 0.29) is 10.5 Å². The summed E-state index contributed by atoms with van der Waals surface area (Å²) in [6.07, 6.45) is 3.89. The Hall–Kier alpha value is -3.45. The van der Waals surface area contributed by atoms with Crippen LogP contribution in [0, 0.1) is 0 Å². The van der Waals surface area contributed by atoms with Crippen LogP contribution >= 0.6 is 0 Å². The van der Waals surface area contributed by atoms with Crippen molar-refractivity contribution in [2.75, 3.05) is 20.2 Å². The number of benzene rings is 2. The first-order valence-electron chi connectivity index (χ1n) is 9.57. The van der Waals surface area contributed by atoms with E-state index >= 15 is 0 Å². The van der Waals surface area contributed by atoms with Crippen LogP contribution in [0.2, 0.25) is 0 Å². The van der Waals surface area contributed by atoms with E-state index < -0.39 is 0 Å². The third-order valence-electron chi connectivity index (χ3n) is 4.89. The van der Waals surface area contributed by atoms with Crippen LogP contribution in [-0.2, 0) is 6.42 Å². The molecule has 2 amide bonds. The van der Waals surface area contributed by atoms with Crippen LogP contribution < -0.4 is 9.22 Å². The highest BCUT2D eigenvalue weighted by atomic mass is 16.5. The molecule has 0 spiro atoms. The van der Waals surface area contributed by atoms with Gasteiger partial charge in [-0.2, -0.15) is 9.49 Å². The molecule has 2 aromatic carbocycles. The molecule has 1 aromatic heterocycles. The average molecular weight is 391 g/mol. The van der Waals surface area contributed by atoms with Crippen molar-refractivity contribution in [2.24, 2.45) is 5.10 Å². The lowest BCUT2D eigenvalue weighted by atomic mass is 10.2. The van der Waals surface area contributed by atoms with Crippen molar-refractivity contribution in [3.05, 3.63) is 66.6 Å². The number of oxazole rings is 1. The number of carbonyl (C=O) groups excluding carboxylic acids is 1. The summed E-state index contributed by atoms with van der Waals surface area (Å²) in [5.74, 6) is 1.25. The molecule has 29 heavy (non-hydrogen) atoms. The summed E-state index contributed by atoms with van der Waals surface area (Å²) in [7, 11) is 1.81. The highest BCUT2D eigenvalue weighted by Gasteiger charge is 2.44. The first-order valence-corrected chi connectivity index (χ1v) is 9.57. The summed E-state index contributed by atoms with van der Waals surface area (Å²) in [5.41, 5.74) is 2.51. The van der Waals surface area contributed by atoms with E-state index in [1.165, 1.54) is 5.01 Å². The number of rotatable bonds is 7. The Bertz CT molecular complexity index is 1030. The van der Waals surface area contributed by atoms with Gasteiger partial charge in [-0.3, -0.25) is 0 Å². The summed E-state index contributed by atoms with van der Waals surface area (Å²) >= 11 is 0. The second kappa shape index (κ2) is 7.89. The van der Waals surface area contributed by atoms with Gasteiger partial charge in [0.15, 0.2) is 11.4 Å². The summed E-state index contributed by atoms with van der Waals surface area (Å²) in [4.78, 5) is 17.3. The van der Waals surface area contributed by atoms with E-state index in [0.29, 0.717) is 31.2 Å². The van der Waals surface area contributed by atoms with Crippen molar-refractivity contribution in [3.63, 3.8) is 0 Å². The molecular weight excluding hydrogens is 368 g/mol. The Morgan fingerprint density at radius 2 is 1.86 bits per heavy atom. The predicted molar refractivity (Wildman–Crippen MR) is 112 cm³/mol. The van der Waals surface area contributed by atoms with Gasteiger partial charge in [-0.25, -0.2) is 9.78 Å². The number of para-hydroxylation sites is 2. The minimum atomic E-state index is -0.104. The molecular formula is C22H23N4O3+. The van der Waals surface area contributed by atoms with E-state index in [4.69, 9.17) is 9.15 Å². The number of urea groups is 1. The lowest BCUT2D eigenvalue weighted by Gasteiger charge is -2.24. The first kappa shape index (κ1) is 18.9. The van der Waals surface area contributed by atoms with Crippen molar-refractivity contribution in [3.8, 4) is 17.2 Å². The Balaban J connectivity index is 1.45. The zero-order valence-electron chi connectivity index (χ0n) is 16.5. The van der Waals surface area contributed by atoms with Crippen LogP contribution in [0.4, 0.5) is 10.5 Å². The molecule has 0 saturated heterocycles. The van der Waals surface area contributed by atoms with Crippen LogP contribution in [0.3, 0.4) is 0 Å². The first-order chi connectivity index (χ1) is 14.1. The Morgan fingerprint density at radius 1 is 1.10 bits per heavy atom. The quantitative estimate of drug-likeness (QED) is 0.563. The largest absolute Gasteiger partial charge is 0.487 e. The van der Waals surface area contributed by atoms with Gasteiger partial charge in [-0.05, 0) is 25.1 Å². The van der Waals surface area contributed by atoms with E-state index in [1.807, 2.05) is 68.6 Å². The van der Waals surface area contributed by atoms with Gasteiger partial charge in [0, 0.05) is 24.6 Å². The molecule has 1 atom stereocenters. The fourth-order valence-electron chi connectivity index (χ4n) is 3.25. The molecule has 148 valence electrons. The molecule has 0 radical (unpaired) electrons. The number of carbonyl (C=O) groups is 1. The average Bonchev–Trinajstić information content (AvgIpc) is 3.34. The molecule has 7 heteroatoms. The van der Waals surface area contributed by atoms with Crippen LogP contribution in [-0.4, -0.2) is 42.6 Å². The van der Waals surface area contributed by atoms with Crippen molar-refractivity contribution >= 4 is 18.1 Å². The van der Waals surface area contributed by atoms with Gasteiger partial charge >= 0.3 is 6.03 Å². The van der Waals surface area contributed by atoms with Gasteiger partial charge in [0.1, 0.15) is 6.26 Å². The number of ether oxygens (including phenoxy) is 1. The number of hydrogen-bond acceptors (Lipinski definition) is 5. The molecule has 0 fully saturated rings. The van der Waals surface area contributed by atoms with E-state index in [0.717, 1.165) is 16.9 Å². The van der Waals surface area contributed by atoms with E-state index in [1.54, 1.807) is 12.6 Å². The van der Waals surface area contributed by atoms with Crippen molar-refractivity contribution in [1.82, 2.24) is 14.5 Å². The summed E-state index contributed by atoms with van der Waals surface area (Å²) in [5, 5.41) is 5.67. The lowest BCUT2D eigenvalue weighted by Crippen LogP contribution is -2.49. The van der Waals surface area contributed by atoms with Gasteiger partial charge in [-0.15, -0.1) is 5.10 Å². The highest BCUT2D eigenvalue weighted by molar-refractivity contribution is 6.05. The molecule has 3 aromatic rings. The van der Waals surface area contributed by atoms with Crippen molar-refractivity contribution in [1.29, 1.82) is 0 Å². The monoisotopic (exact) mass is 391 g/mol. The summed E-state index contributed by atoms with van der Waals surface area (Å²) < 4.78 is 11.5. The molecule has 0 aliphatic carbocycles. The van der Waals surface area contributed by atoms with Crippen molar-refractivity contribution in [2.45, 2.75) is 13.3 Å². The molecule has 0 saturated carbocycles. The number of nitrogens with zero attached hydrogens (tertiary/aromatic N) is 4. The van der Waals surface area contributed by atoms with Crippen molar-refractivity contribution < 1.29 is 13.9 Å². The molecule has 2 heterocycles. The van der Waals surface area contributed by atoms with Gasteiger partial charge in [0.05, 0.1) is 19.3 Å². The second-order valence-corrected chi connectivity index (χ2v) is 6.88. The summed E-state index contributed by atoms with van der Waals surface area (Å²) in [6, 6.07) is 17.2. The van der Waals surface area contributed by atoms with E-state index in [2.05, 4.69) is 10.1 Å². The molecule has 0 bridgehead atoms. The minimum absolute atomic E-state index is 0.0495. The number of quaternary nitrogens is 1. The van der Waals surface area contributed by atoms with Gasteiger partial charge < -0.3 is 9.15 Å². The highest BCUT2D eigenvalue weighted by Crippen LogP contribution is 2.34. The summed E-state index contributed by atoms with van der Waals surface area (Å²) in [6.45, 7) is 2.84. The van der Waals surface area contributed by atoms with Crippen LogP contribution in [0.25, 0.3) is 11.5 Å². The molecule has 1 aliphatic rings. The predicted octanol–water partition coefficient (Wildman–Crippen LogP) is 4.30. The number of amides is 2. The second-order valence-electron chi connectivity index (χ2n) is 6.88. The Labute approximate surface area is 169 Å². The van der Waals surface area contributed by atoms with E-state index in [9.17, 15) is 4.79 Å². The lowest BCUT2D eigenvalue weighted by molar-refractivity contribution is 0.196. The minimum Gasteiger partial charge on any atom is -0.487 e. The fourth-order valence-corrected chi connectivity index (χ4v) is 3.25. The van der Waals surface area contributed by atoms with Crippen LogP contribution in [0.5, 0.6) is 5.75 Å². The molecule has 1 unspecified atom stereocenters. The standard InChI is InChI=1S/C22H23N4O3/c1-3-25-22(27)26(2,16-23-25)19-11-7-8-12-20(19)28-14-13-18-15-29-21(24-18)17-9-5-4-6-10-17/h4-12,15-16H,3,13-14H2,1-2H3/q+1. The molecule has 7 nitrogen and oxygen atoms in total. The van der Waals surface area contributed by atoms with Gasteiger partial charge in [0.25, 0.3) is 0 Å². The number of aromatic nitrogens is 1. The smallest absolute Gasteiger partial charge is 0.450 e. The molecule has 4 rings (SSSR count). The maximum Gasteiger partial charge on any atom is 0.450 e. The fraction of sp³-hybridized carbons (Fsp3) is 0.227. The van der Waals surface area contributed by atoms with Gasteiger partial charge in [0.2, 0.25) is 12.2 Å². The third-order valence-corrected chi connectivity index (χ3v) is 4.89. The number of hydrogen-bond donors (Lipinski definition) is 0. The maximum absolute atomic E-state index is 12.7. The zero-order chi connectivity index (χ0) is 20.3. The topological polar surface area (TPSA) is 67.9 Å². The molecule has 0 N–H and O–H groups in total. The maximum atomic E-state index is 12.7. The Kier molecular flexibility index (Phi) is 5.14. The SMILES string of the molecule is CCN1N=C[N+](C)(c2ccccc2OCCc2coc(-c3ccccc3)n2)C1=O. The molecule has 1 aliphatic heterocycles. The van der Waals surface area contributed by atoms with Crippen LogP contribution in [0.1, 0.15) is 12.6 Å². The van der Waals surface area contributed by atoms with Crippen LogP contribution in [0.15, 0.2) is 70.4 Å². The van der Waals surface area contributed by atoms with Gasteiger partial charge in [-0.1, -0.05) is 30.3 Å². The normalized spacial score (nSPS) is 18.4. The zero-order valence-corrected chi connectivity index (χ0v) is 16.5. The third kappa shape index (κ3) is 3.64.